The number of nitrogens with one attached hydrogen (secondary N) is 1. The maximum Gasteiger partial charge on any atom is 0.338 e. The van der Waals surface area contributed by atoms with Crippen molar-refractivity contribution in [1.29, 1.82) is 0 Å². The molecule has 28 heavy (non-hydrogen) atoms. The van der Waals surface area contributed by atoms with Gasteiger partial charge in [0.2, 0.25) is 0 Å². The van der Waals surface area contributed by atoms with Gasteiger partial charge < -0.3 is 21.5 Å². The lowest BCUT2D eigenvalue weighted by Crippen LogP contribution is -2.31. The van der Waals surface area contributed by atoms with Gasteiger partial charge in [0.05, 0.1) is 17.9 Å². The molecule has 7 heteroatoms. The number of aliphatic imine (C=N–C) groups is 1. The van der Waals surface area contributed by atoms with Crippen molar-refractivity contribution in [2.75, 3.05) is 6.61 Å². The molecule has 1 atom stereocenters. The van der Waals surface area contributed by atoms with Gasteiger partial charge in [-0.25, -0.2) is 9.79 Å². The first-order chi connectivity index (χ1) is 13.4. The predicted molar refractivity (Wildman–Crippen MR) is 110 cm³/mol. The quantitative estimate of drug-likeness (QED) is 0.368. The molecule has 2 aromatic rings. The lowest BCUT2D eigenvalue weighted by molar-refractivity contribution is 0.0509. The number of rotatable bonds is 8. The maximum atomic E-state index is 12.1. The molecule has 0 fully saturated rings. The van der Waals surface area contributed by atoms with Gasteiger partial charge in [0, 0.05) is 18.0 Å². The van der Waals surface area contributed by atoms with Crippen LogP contribution in [0, 0.1) is 0 Å². The van der Waals surface area contributed by atoms with Crippen molar-refractivity contribution in [3.63, 3.8) is 0 Å². The Morgan fingerprint density at radius 1 is 1.04 bits per heavy atom. The van der Waals surface area contributed by atoms with Crippen molar-refractivity contribution < 1.29 is 14.3 Å². The topological polar surface area (TPSA) is 120 Å². The molecular weight excluding hydrogens is 356 g/mol. The standard InChI is InChI=1S/C21H26N4O3/c1-3-14(2)24-19(26)16-6-4-15(5-7-16)12-13-28-20(27)17-8-10-18(11-9-17)25-21(22)23/h4-11,14H,3,12-13H2,1-2H3,(H,24,26)(H4,22,23,25). The van der Waals surface area contributed by atoms with Crippen molar-refractivity contribution in [1.82, 2.24) is 5.32 Å². The molecule has 0 radical (unpaired) electrons. The minimum Gasteiger partial charge on any atom is -0.462 e. The highest BCUT2D eigenvalue weighted by Gasteiger charge is 2.09. The van der Waals surface area contributed by atoms with E-state index in [-0.39, 0.29) is 24.5 Å². The Labute approximate surface area is 164 Å². The van der Waals surface area contributed by atoms with Crippen LogP contribution in [0.3, 0.4) is 0 Å². The van der Waals surface area contributed by atoms with Crippen LogP contribution >= 0.6 is 0 Å². The van der Waals surface area contributed by atoms with E-state index in [1.54, 1.807) is 36.4 Å². The van der Waals surface area contributed by atoms with E-state index < -0.39 is 5.97 Å². The number of benzene rings is 2. The zero-order chi connectivity index (χ0) is 20.5. The van der Waals surface area contributed by atoms with Gasteiger partial charge in [-0.05, 0) is 55.3 Å². The molecule has 0 bridgehead atoms. The number of esters is 1. The zero-order valence-corrected chi connectivity index (χ0v) is 16.1. The predicted octanol–water partition coefficient (Wildman–Crippen LogP) is 2.52. The van der Waals surface area contributed by atoms with Crippen LogP contribution in [-0.2, 0) is 11.2 Å². The van der Waals surface area contributed by atoms with Gasteiger partial charge in [0.25, 0.3) is 5.91 Å². The summed E-state index contributed by atoms with van der Waals surface area (Å²) in [6.45, 7) is 4.23. The smallest absolute Gasteiger partial charge is 0.338 e. The van der Waals surface area contributed by atoms with Crippen LogP contribution in [0.1, 0.15) is 46.5 Å². The van der Waals surface area contributed by atoms with Crippen molar-refractivity contribution in [2.24, 2.45) is 16.5 Å². The van der Waals surface area contributed by atoms with Gasteiger partial charge in [-0.2, -0.15) is 0 Å². The molecule has 0 aliphatic carbocycles. The van der Waals surface area contributed by atoms with E-state index in [0.29, 0.717) is 23.2 Å². The van der Waals surface area contributed by atoms with E-state index in [1.807, 2.05) is 26.0 Å². The summed E-state index contributed by atoms with van der Waals surface area (Å²) in [6, 6.07) is 13.9. The van der Waals surface area contributed by atoms with Gasteiger partial charge in [0.1, 0.15) is 0 Å². The monoisotopic (exact) mass is 382 g/mol. The summed E-state index contributed by atoms with van der Waals surface area (Å²) in [5.41, 5.74) is 13.2. The summed E-state index contributed by atoms with van der Waals surface area (Å²) < 4.78 is 5.29. The highest BCUT2D eigenvalue weighted by atomic mass is 16.5. The fourth-order valence-electron chi connectivity index (χ4n) is 2.40. The van der Waals surface area contributed by atoms with Crippen molar-refractivity contribution >= 4 is 23.5 Å². The summed E-state index contributed by atoms with van der Waals surface area (Å²) in [7, 11) is 0. The molecule has 0 aliphatic rings. The molecule has 0 aromatic heterocycles. The molecule has 2 rings (SSSR count). The number of carbonyl (C=O) groups excluding carboxylic acids is 2. The average Bonchev–Trinajstić information content (AvgIpc) is 2.68. The third-order valence-corrected chi connectivity index (χ3v) is 4.19. The van der Waals surface area contributed by atoms with Crippen molar-refractivity contribution in [2.45, 2.75) is 32.7 Å². The van der Waals surface area contributed by atoms with E-state index in [9.17, 15) is 9.59 Å². The molecule has 5 N–H and O–H groups in total. The fraction of sp³-hybridized carbons (Fsp3) is 0.286. The van der Waals surface area contributed by atoms with E-state index in [1.165, 1.54) is 0 Å². The van der Waals surface area contributed by atoms with Crippen LogP contribution < -0.4 is 16.8 Å². The molecule has 0 saturated heterocycles. The molecule has 1 amide bonds. The summed E-state index contributed by atoms with van der Waals surface area (Å²) in [4.78, 5) is 28.0. The van der Waals surface area contributed by atoms with Crippen molar-refractivity contribution in [3.05, 3.63) is 65.2 Å². The Hall–Kier alpha value is -3.35. The Balaban J connectivity index is 1.83. The number of nitrogens with zero attached hydrogens (tertiary/aromatic N) is 1. The number of guanidine groups is 1. The number of nitrogens with two attached hydrogens (primary N) is 2. The summed E-state index contributed by atoms with van der Waals surface area (Å²) in [5.74, 6) is -0.545. The number of hydrogen-bond donors (Lipinski definition) is 3. The molecule has 0 aliphatic heterocycles. The zero-order valence-electron chi connectivity index (χ0n) is 16.1. The first-order valence-electron chi connectivity index (χ1n) is 9.15. The number of ether oxygens (including phenoxy) is 1. The highest BCUT2D eigenvalue weighted by Crippen LogP contribution is 2.14. The second-order valence-corrected chi connectivity index (χ2v) is 6.45. The number of carbonyl (C=O) groups is 2. The third-order valence-electron chi connectivity index (χ3n) is 4.19. The van der Waals surface area contributed by atoms with E-state index >= 15 is 0 Å². The average molecular weight is 382 g/mol. The second-order valence-electron chi connectivity index (χ2n) is 6.45. The second kappa shape index (κ2) is 10.1. The molecule has 0 saturated carbocycles. The molecule has 1 unspecified atom stereocenters. The van der Waals surface area contributed by atoms with E-state index in [4.69, 9.17) is 16.2 Å². The van der Waals surface area contributed by atoms with Crippen LogP contribution in [0.5, 0.6) is 0 Å². The van der Waals surface area contributed by atoms with E-state index in [2.05, 4.69) is 10.3 Å². The highest BCUT2D eigenvalue weighted by molar-refractivity contribution is 5.94. The first kappa shape index (κ1) is 21.0. The number of hydrogen-bond acceptors (Lipinski definition) is 4. The largest absolute Gasteiger partial charge is 0.462 e. The third kappa shape index (κ3) is 6.42. The van der Waals surface area contributed by atoms with Gasteiger partial charge >= 0.3 is 5.97 Å². The maximum absolute atomic E-state index is 12.1. The van der Waals surface area contributed by atoms with Gasteiger partial charge in [0.15, 0.2) is 5.96 Å². The normalized spacial score (nSPS) is 11.4. The number of amides is 1. The van der Waals surface area contributed by atoms with Gasteiger partial charge in [-0.15, -0.1) is 0 Å². The molecule has 7 nitrogen and oxygen atoms in total. The molecule has 0 heterocycles. The van der Waals surface area contributed by atoms with E-state index in [0.717, 1.165) is 12.0 Å². The Bertz CT molecular complexity index is 826. The molecular formula is C21H26N4O3. The SMILES string of the molecule is CCC(C)NC(=O)c1ccc(CCOC(=O)c2ccc(N=C(N)N)cc2)cc1. The summed E-state index contributed by atoms with van der Waals surface area (Å²) >= 11 is 0. The first-order valence-corrected chi connectivity index (χ1v) is 9.15. The van der Waals surface area contributed by atoms with Crippen molar-refractivity contribution in [3.8, 4) is 0 Å². The van der Waals surface area contributed by atoms with Gasteiger partial charge in [-0.1, -0.05) is 19.1 Å². The fourth-order valence-corrected chi connectivity index (χ4v) is 2.40. The lowest BCUT2D eigenvalue weighted by atomic mass is 10.1. The van der Waals surface area contributed by atoms with Crippen LogP contribution in [0.2, 0.25) is 0 Å². The van der Waals surface area contributed by atoms with Crippen LogP contribution in [0.4, 0.5) is 5.69 Å². The lowest BCUT2D eigenvalue weighted by Gasteiger charge is -2.11. The summed E-state index contributed by atoms with van der Waals surface area (Å²) in [6.07, 6.45) is 1.44. The summed E-state index contributed by atoms with van der Waals surface area (Å²) in [5, 5.41) is 2.93. The van der Waals surface area contributed by atoms with Gasteiger partial charge in [-0.3, -0.25) is 4.79 Å². The minimum absolute atomic E-state index is 0.0429. The Morgan fingerprint density at radius 2 is 1.64 bits per heavy atom. The van der Waals surface area contributed by atoms with Crippen LogP contribution in [-0.4, -0.2) is 30.5 Å². The Morgan fingerprint density at radius 3 is 2.21 bits per heavy atom. The molecule has 2 aromatic carbocycles. The van der Waals surface area contributed by atoms with Crippen LogP contribution in [0.25, 0.3) is 0 Å². The molecule has 0 spiro atoms. The molecule has 148 valence electrons. The minimum atomic E-state index is -0.416. The van der Waals surface area contributed by atoms with Crippen LogP contribution in [0.15, 0.2) is 53.5 Å². The Kier molecular flexibility index (Phi) is 7.56.